The molecule has 2 aliphatic rings. The topological polar surface area (TPSA) is 46.3 Å². The highest BCUT2D eigenvalue weighted by Crippen LogP contribution is 2.44. The molecule has 1 aliphatic carbocycles. The van der Waals surface area contributed by atoms with E-state index >= 15 is 0 Å². The maximum Gasteiger partial charge on any atom is 0.230 e. The number of hydrogen-bond acceptors (Lipinski definition) is 2. The molecule has 20 heavy (non-hydrogen) atoms. The average Bonchev–Trinajstić information content (AvgIpc) is 2.86. The largest absolute Gasteiger partial charge is 0.342 e. The molecule has 0 aromatic carbocycles. The molecule has 1 amide bonds. The molecule has 1 spiro atoms. The predicted molar refractivity (Wildman–Crippen MR) is 86.0 cm³/mol. The van der Waals surface area contributed by atoms with E-state index in [4.69, 9.17) is 5.73 Å². The van der Waals surface area contributed by atoms with Crippen molar-refractivity contribution in [2.24, 2.45) is 16.6 Å². The third-order valence-corrected chi connectivity index (χ3v) is 5.84. The van der Waals surface area contributed by atoms with E-state index in [1.807, 2.05) is 0 Å². The van der Waals surface area contributed by atoms with Gasteiger partial charge in [0, 0.05) is 19.6 Å². The second-order valence-electron chi connectivity index (χ2n) is 6.73. The van der Waals surface area contributed by atoms with E-state index in [1.165, 1.54) is 38.5 Å². The number of nitrogens with zero attached hydrogens (tertiary/aromatic N) is 1. The minimum Gasteiger partial charge on any atom is -0.342 e. The van der Waals surface area contributed by atoms with E-state index in [2.05, 4.69) is 18.7 Å². The zero-order chi connectivity index (χ0) is 13.9. The van der Waals surface area contributed by atoms with E-state index in [0.29, 0.717) is 17.9 Å². The molecule has 0 atom stereocenters. The maximum atomic E-state index is 12.8. The molecule has 0 radical (unpaired) electrons. The summed E-state index contributed by atoms with van der Waals surface area (Å²) < 4.78 is 0. The summed E-state index contributed by atoms with van der Waals surface area (Å²) in [6.45, 7) is 6.64. The normalized spacial score (nSPS) is 21.9. The van der Waals surface area contributed by atoms with Crippen molar-refractivity contribution in [2.45, 2.75) is 65.2 Å². The van der Waals surface area contributed by atoms with Gasteiger partial charge in [0.05, 0.1) is 5.41 Å². The van der Waals surface area contributed by atoms with Crippen molar-refractivity contribution in [1.82, 2.24) is 4.90 Å². The standard InChI is InChI=1S/C16H30N2O.ClH/c1-3-16(4-2,12-17)14(19)18-11-10-15(13-18)8-6-5-7-9-15;/h3-13,17H2,1-2H3;1H. The predicted octanol–water partition coefficient (Wildman–Crippen LogP) is 3.36. The van der Waals surface area contributed by atoms with Crippen molar-refractivity contribution in [1.29, 1.82) is 0 Å². The lowest BCUT2D eigenvalue weighted by Gasteiger charge is -2.36. The van der Waals surface area contributed by atoms with Gasteiger partial charge in [0.15, 0.2) is 0 Å². The van der Waals surface area contributed by atoms with E-state index in [9.17, 15) is 4.79 Å². The fraction of sp³-hybridized carbons (Fsp3) is 0.938. The minimum absolute atomic E-state index is 0. The monoisotopic (exact) mass is 302 g/mol. The van der Waals surface area contributed by atoms with Crippen molar-refractivity contribution in [3.63, 3.8) is 0 Å². The molecular weight excluding hydrogens is 272 g/mol. The Kier molecular flexibility index (Phi) is 6.33. The fourth-order valence-corrected chi connectivity index (χ4v) is 4.08. The molecular formula is C16H31ClN2O. The summed E-state index contributed by atoms with van der Waals surface area (Å²) in [4.78, 5) is 15.0. The Morgan fingerprint density at radius 2 is 1.75 bits per heavy atom. The first-order valence-corrected chi connectivity index (χ1v) is 8.11. The Bertz CT molecular complexity index is 314. The van der Waals surface area contributed by atoms with Gasteiger partial charge < -0.3 is 10.6 Å². The van der Waals surface area contributed by atoms with Gasteiger partial charge in [-0.2, -0.15) is 0 Å². The average molecular weight is 303 g/mol. The van der Waals surface area contributed by atoms with E-state index in [1.54, 1.807) is 0 Å². The quantitative estimate of drug-likeness (QED) is 0.865. The van der Waals surface area contributed by atoms with Crippen LogP contribution in [-0.2, 0) is 4.79 Å². The number of nitrogens with two attached hydrogens (primary N) is 1. The van der Waals surface area contributed by atoms with Crippen LogP contribution in [0.1, 0.15) is 65.2 Å². The molecule has 0 bridgehead atoms. The fourth-order valence-electron chi connectivity index (χ4n) is 4.08. The van der Waals surface area contributed by atoms with Crippen LogP contribution < -0.4 is 5.73 Å². The van der Waals surface area contributed by atoms with Gasteiger partial charge in [-0.15, -0.1) is 12.4 Å². The van der Waals surface area contributed by atoms with Crippen molar-refractivity contribution in [3.8, 4) is 0 Å². The van der Waals surface area contributed by atoms with Crippen LogP contribution in [-0.4, -0.2) is 30.4 Å². The van der Waals surface area contributed by atoms with Gasteiger partial charge in [0.2, 0.25) is 5.91 Å². The summed E-state index contributed by atoms with van der Waals surface area (Å²) >= 11 is 0. The van der Waals surface area contributed by atoms with E-state index < -0.39 is 0 Å². The minimum atomic E-state index is -0.305. The molecule has 1 aliphatic heterocycles. The molecule has 2 N–H and O–H groups in total. The van der Waals surface area contributed by atoms with Gasteiger partial charge in [-0.1, -0.05) is 33.1 Å². The Morgan fingerprint density at radius 1 is 1.15 bits per heavy atom. The number of rotatable bonds is 4. The first kappa shape index (κ1) is 17.8. The second kappa shape index (κ2) is 7.13. The van der Waals surface area contributed by atoms with Crippen LogP contribution in [0.5, 0.6) is 0 Å². The lowest BCUT2D eigenvalue weighted by Crippen LogP contribution is -2.47. The summed E-state index contributed by atoms with van der Waals surface area (Å²) in [6, 6.07) is 0. The molecule has 1 saturated heterocycles. The van der Waals surface area contributed by atoms with Crippen LogP contribution >= 0.6 is 12.4 Å². The molecule has 2 fully saturated rings. The SMILES string of the molecule is CCC(CC)(CN)C(=O)N1CCC2(CCCCC2)C1.Cl. The summed E-state index contributed by atoms with van der Waals surface area (Å²) in [5, 5.41) is 0. The Morgan fingerprint density at radius 3 is 2.25 bits per heavy atom. The van der Waals surface area contributed by atoms with Crippen molar-refractivity contribution >= 4 is 18.3 Å². The summed E-state index contributed by atoms with van der Waals surface area (Å²) in [5.74, 6) is 0.322. The zero-order valence-corrected chi connectivity index (χ0v) is 13.9. The van der Waals surface area contributed by atoms with Crippen LogP contribution in [0.15, 0.2) is 0 Å². The molecule has 0 aromatic rings. The Labute approximate surface area is 130 Å². The molecule has 1 heterocycles. The lowest BCUT2D eigenvalue weighted by molar-refractivity contribution is -0.141. The third-order valence-electron chi connectivity index (χ3n) is 5.84. The molecule has 118 valence electrons. The molecule has 1 saturated carbocycles. The molecule has 0 unspecified atom stereocenters. The molecule has 0 aromatic heterocycles. The summed E-state index contributed by atoms with van der Waals surface area (Å²) in [5.41, 5.74) is 6.07. The van der Waals surface area contributed by atoms with Gasteiger partial charge >= 0.3 is 0 Å². The van der Waals surface area contributed by atoms with Crippen LogP contribution in [0, 0.1) is 10.8 Å². The first-order chi connectivity index (χ1) is 9.11. The van der Waals surface area contributed by atoms with Gasteiger partial charge in [-0.25, -0.2) is 0 Å². The first-order valence-electron chi connectivity index (χ1n) is 8.11. The van der Waals surface area contributed by atoms with Crippen LogP contribution in [0.25, 0.3) is 0 Å². The van der Waals surface area contributed by atoms with Crippen molar-refractivity contribution in [3.05, 3.63) is 0 Å². The summed E-state index contributed by atoms with van der Waals surface area (Å²) in [7, 11) is 0. The lowest BCUT2D eigenvalue weighted by atomic mass is 9.73. The molecule has 2 rings (SSSR count). The summed E-state index contributed by atoms with van der Waals surface area (Å²) in [6.07, 6.45) is 9.68. The second-order valence-corrected chi connectivity index (χ2v) is 6.73. The highest BCUT2D eigenvalue weighted by molar-refractivity contribution is 5.85. The van der Waals surface area contributed by atoms with Crippen LogP contribution in [0.4, 0.5) is 0 Å². The third kappa shape index (κ3) is 3.14. The van der Waals surface area contributed by atoms with Gasteiger partial charge in [-0.05, 0) is 37.5 Å². The molecule has 4 heteroatoms. The highest BCUT2D eigenvalue weighted by Gasteiger charge is 2.45. The van der Waals surface area contributed by atoms with Crippen LogP contribution in [0.3, 0.4) is 0 Å². The van der Waals surface area contributed by atoms with Gasteiger partial charge in [-0.3, -0.25) is 4.79 Å². The zero-order valence-electron chi connectivity index (χ0n) is 13.1. The number of amides is 1. The Hall–Kier alpha value is -0.280. The number of hydrogen-bond donors (Lipinski definition) is 1. The Balaban J connectivity index is 0.00000200. The van der Waals surface area contributed by atoms with Crippen molar-refractivity contribution in [2.75, 3.05) is 19.6 Å². The number of carbonyl (C=O) groups is 1. The molecule has 3 nitrogen and oxygen atoms in total. The number of likely N-dealkylation sites (tertiary alicyclic amines) is 1. The van der Waals surface area contributed by atoms with E-state index in [0.717, 1.165) is 25.9 Å². The highest BCUT2D eigenvalue weighted by atomic mass is 35.5. The van der Waals surface area contributed by atoms with Gasteiger partial charge in [0.1, 0.15) is 0 Å². The maximum absolute atomic E-state index is 12.8. The van der Waals surface area contributed by atoms with E-state index in [-0.39, 0.29) is 17.8 Å². The smallest absolute Gasteiger partial charge is 0.230 e. The van der Waals surface area contributed by atoms with Crippen LogP contribution in [0.2, 0.25) is 0 Å². The van der Waals surface area contributed by atoms with Crippen molar-refractivity contribution < 1.29 is 4.79 Å². The number of carbonyl (C=O) groups excluding carboxylic acids is 1. The van der Waals surface area contributed by atoms with Gasteiger partial charge in [0.25, 0.3) is 0 Å². The number of halogens is 1.